The van der Waals surface area contributed by atoms with Gasteiger partial charge >= 0.3 is 24.1 Å². The first-order chi connectivity index (χ1) is 20.8. The molecule has 0 aliphatic carbocycles. The number of carbonyl (C=O) groups excluding carboxylic acids is 1. The van der Waals surface area contributed by atoms with E-state index in [2.05, 4.69) is 25.4 Å². The molecule has 0 spiro atoms. The minimum Gasteiger partial charge on any atom is -0.462 e. The summed E-state index contributed by atoms with van der Waals surface area (Å²) in [4.78, 5) is 24.8. The Morgan fingerprint density at radius 2 is 1.87 bits per heavy atom. The van der Waals surface area contributed by atoms with E-state index in [4.69, 9.17) is 41.8 Å². The first kappa shape index (κ1) is 36.0. The highest BCUT2D eigenvalue weighted by atomic mass is 32.3. The molecule has 2 aromatic heterocycles. The van der Waals surface area contributed by atoms with Crippen molar-refractivity contribution in [3.8, 4) is 5.75 Å². The van der Waals surface area contributed by atoms with Gasteiger partial charge < -0.3 is 30.2 Å². The molecule has 1 aliphatic rings. The van der Waals surface area contributed by atoms with Crippen LogP contribution >= 0.6 is 7.75 Å². The van der Waals surface area contributed by atoms with Crippen molar-refractivity contribution in [2.75, 3.05) is 24.7 Å². The van der Waals surface area contributed by atoms with Crippen LogP contribution in [0.4, 0.5) is 16.2 Å². The molecule has 6 atom stereocenters. The number of carbonyl (C=O) groups is 1. The van der Waals surface area contributed by atoms with Crippen molar-refractivity contribution < 1.29 is 54.9 Å². The lowest BCUT2D eigenvalue weighted by Gasteiger charge is -2.25. The van der Waals surface area contributed by atoms with Gasteiger partial charge in [-0.25, -0.2) is 13.9 Å². The summed E-state index contributed by atoms with van der Waals surface area (Å²) in [7, 11) is -7.33. The maximum absolute atomic E-state index is 16.0. The summed E-state index contributed by atoms with van der Waals surface area (Å²) in [5, 5.41) is 16.2. The summed E-state index contributed by atoms with van der Waals surface area (Å²) in [6, 6.07) is 7.05. The number of nitrogens with one attached hydrogen (secondary N) is 2. The summed E-state index contributed by atoms with van der Waals surface area (Å²) in [5.74, 6) is -0.243. The molecule has 1 fully saturated rings. The van der Waals surface area contributed by atoms with Gasteiger partial charge in [0.25, 0.3) is 0 Å². The monoisotopic (exact) mass is 679 g/mol. The van der Waals surface area contributed by atoms with Gasteiger partial charge in [-0.1, -0.05) is 18.2 Å². The molecule has 1 unspecified atom stereocenters. The van der Waals surface area contributed by atoms with E-state index in [-0.39, 0.29) is 17.3 Å². The normalized spacial score (nSPS) is 23.6. The second-order valence-corrected chi connectivity index (χ2v) is 12.7. The van der Waals surface area contributed by atoms with E-state index in [0.29, 0.717) is 11.3 Å². The molecule has 4 rings (SSSR count). The topological polar surface area (TPSA) is 260 Å². The number of imidazole rings is 1. The second kappa shape index (κ2) is 14.3. The molecule has 45 heavy (non-hydrogen) atoms. The number of esters is 1. The van der Waals surface area contributed by atoms with Gasteiger partial charge in [-0.05, 0) is 39.8 Å². The van der Waals surface area contributed by atoms with Gasteiger partial charge in [-0.3, -0.25) is 23.0 Å². The summed E-state index contributed by atoms with van der Waals surface area (Å²) >= 11 is 0. The van der Waals surface area contributed by atoms with Crippen LogP contribution in [0.2, 0.25) is 0 Å². The molecule has 21 heteroatoms. The molecule has 18 nitrogen and oxygen atoms in total. The van der Waals surface area contributed by atoms with Gasteiger partial charge in [-0.15, -0.1) is 0 Å². The molecular formula is C24H35FN7O11PS. The van der Waals surface area contributed by atoms with E-state index in [1.807, 2.05) is 0 Å². The fraction of sp³-hybridized carbons (Fsp3) is 0.500. The third-order valence-electron chi connectivity index (χ3n) is 6.08. The van der Waals surface area contributed by atoms with E-state index in [9.17, 15) is 14.5 Å². The molecule has 1 aromatic carbocycles. The number of anilines is 2. The molecule has 1 aliphatic heterocycles. The van der Waals surface area contributed by atoms with Crippen molar-refractivity contribution in [2.24, 2.45) is 0 Å². The summed E-state index contributed by atoms with van der Waals surface area (Å²) in [5.41, 5.74) is 3.94. The van der Waals surface area contributed by atoms with Gasteiger partial charge in [-0.2, -0.15) is 23.5 Å². The third-order valence-corrected chi connectivity index (χ3v) is 7.72. The lowest BCUT2D eigenvalue weighted by Crippen LogP contribution is -2.41. The number of hydrogen-bond donors (Lipinski definition) is 6. The van der Waals surface area contributed by atoms with Crippen LogP contribution in [0.3, 0.4) is 0 Å². The Kier molecular flexibility index (Phi) is 11.4. The van der Waals surface area contributed by atoms with Crippen LogP contribution in [-0.2, 0) is 33.8 Å². The minimum atomic E-state index is -4.67. The van der Waals surface area contributed by atoms with Gasteiger partial charge in [0.2, 0.25) is 5.95 Å². The Labute approximate surface area is 257 Å². The number of para-hydroxylation sites is 1. The van der Waals surface area contributed by atoms with E-state index in [1.54, 1.807) is 51.2 Å². The fourth-order valence-corrected chi connectivity index (χ4v) is 5.64. The molecule has 1 saturated heterocycles. The van der Waals surface area contributed by atoms with Gasteiger partial charge in [0.05, 0.1) is 19.0 Å². The molecule has 3 aromatic rings. The van der Waals surface area contributed by atoms with Crippen LogP contribution in [0.25, 0.3) is 11.2 Å². The van der Waals surface area contributed by atoms with Gasteiger partial charge in [0, 0.05) is 7.05 Å². The van der Waals surface area contributed by atoms with Crippen LogP contribution in [0.5, 0.6) is 5.75 Å². The van der Waals surface area contributed by atoms with Gasteiger partial charge in [0.1, 0.15) is 24.0 Å². The van der Waals surface area contributed by atoms with E-state index >= 15 is 4.39 Å². The molecule has 0 saturated carbocycles. The number of rotatable bonds is 11. The first-order valence-electron chi connectivity index (χ1n) is 13.2. The number of aromatic nitrogens is 4. The lowest BCUT2D eigenvalue weighted by molar-refractivity contribution is -0.149. The van der Waals surface area contributed by atoms with Crippen LogP contribution in [-0.4, -0.2) is 91.8 Å². The van der Waals surface area contributed by atoms with E-state index < -0.39 is 67.0 Å². The Bertz CT molecular complexity index is 1620. The largest absolute Gasteiger partial charge is 0.462 e. The van der Waals surface area contributed by atoms with Crippen molar-refractivity contribution in [2.45, 2.75) is 63.9 Å². The van der Waals surface area contributed by atoms with Crippen molar-refractivity contribution >= 4 is 47.0 Å². The maximum Gasteiger partial charge on any atom is 0.459 e. The highest BCUT2D eigenvalue weighted by molar-refractivity contribution is 7.79. The summed E-state index contributed by atoms with van der Waals surface area (Å²) in [6.07, 6.45) is -3.52. The second-order valence-electron chi connectivity index (χ2n) is 10.1. The zero-order valence-corrected chi connectivity index (χ0v) is 26.5. The minimum absolute atomic E-state index is 0.0761. The number of ether oxygens (including phenoxy) is 2. The number of aliphatic hydroxyl groups excluding tert-OH is 1. The van der Waals surface area contributed by atoms with E-state index in [0.717, 1.165) is 6.92 Å². The van der Waals surface area contributed by atoms with Crippen molar-refractivity contribution in [3.05, 3.63) is 36.7 Å². The third kappa shape index (κ3) is 9.50. The zero-order chi connectivity index (χ0) is 33.7. The van der Waals surface area contributed by atoms with Gasteiger partial charge in [0.15, 0.2) is 28.9 Å². The number of benzene rings is 1. The van der Waals surface area contributed by atoms with E-state index in [1.165, 1.54) is 17.8 Å². The van der Waals surface area contributed by atoms with Crippen LogP contribution in [0.15, 0.2) is 36.7 Å². The molecule has 0 radical (unpaired) electrons. The lowest BCUT2D eigenvalue weighted by atomic mass is 9.98. The molecular weight excluding hydrogens is 644 g/mol. The maximum atomic E-state index is 16.0. The van der Waals surface area contributed by atoms with Crippen LogP contribution < -0.4 is 20.7 Å². The average molecular weight is 680 g/mol. The number of halogens is 1. The molecule has 0 amide bonds. The van der Waals surface area contributed by atoms with Crippen LogP contribution in [0.1, 0.15) is 33.9 Å². The quantitative estimate of drug-likeness (QED) is 0.0960. The predicted octanol–water partition coefficient (Wildman–Crippen LogP) is 1.92. The fourth-order valence-electron chi connectivity index (χ4n) is 4.14. The first-order valence-corrected chi connectivity index (χ1v) is 16.2. The predicted molar refractivity (Wildman–Crippen MR) is 157 cm³/mol. The number of nitrogens with zero attached hydrogens (tertiary/aromatic N) is 4. The molecule has 3 heterocycles. The Hall–Kier alpha value is -3.49. The zero-order valence-electron chi connectivity index (χ0n) is 24.8. The number of fused-ring (bicyclic) bond motifs is 1. The Balaban J connectivity index is 0.00000102. The Morgan fingerprint density at radius 3 is 2.44 bits per heavy atom. The molecule has 7 N–H and O–H groups in total. The van der Waals surface area contributed by atoms with Crippen molar-refractivity contribution in [1.82, 2.24) is 24.6 Å². The van der Waals surface area contributed by atoms with Crippen molar-refractivity contribution in [3.63, 3.8) is 0 Å². The highest BCUT2D eigenvalue weighted by Crippen LogP contribution is 2.48. The number of hydrogen-bond acceptors (Lipinski definition) is 14. The summed E-state index contributed by atoms with van der Waals surface area (Å²) in [6.45, 7) is 5.37. The smallest absolute Gasteiger partial charge is 0.459 e. The highest BCUT2D eigenvalue weighted by Gasteiger charge is 2.56. The summed E-state index contributed by atoms with van der Waals surface area (Å²) < 4.78 is 84.8. The number of alkyl halides is 1. The molecule has 0 bridgehead atoms. The SMILES string of the molecule is CNc1nc(N)nc2c1ncn2[C@@H]1O[C@H](COP(=O)(N[C@@H](C)C(=O)OC(C)C)Oc2ccccc2)[C@@H](O)[C@@]1(C)F.O=S(=O)(O)O. The standard InChI is InChI=1S/C24H33FN7O7P.H2O4S/c1-13(2)37-21(34)14(3)31-40(35,39-15-9-7-6-8-10-15)36-11-16-18(33)24(4,25)22(38-16)32-12-28-17-19(27-5)29-23(26)30-20(17)32;1-5(2,3)4/h6-10,12-14,16,18,22,33H,11H2,1-5H3,(H,31,35)(H3,26,27,29,30);(H2,1,2,3,4)/t14-,16+,18+,22+,24+,40?;/m0./s1. The Morgan fingerprint density at radius 1 is 1.24 bits per heavy atom. The number of nitrogens with two attached hydrogens (primary N) is 1. The number of aliphatic hydroxyl groups is 1. The van der Waals surface area contributed by atoms with Crippen LogP contribution in [0, 0.1) is 0 Å². The van der Waals surface area contributed by atoms with Crippen molar-refractivity contribution in [1.29, 1.82) is 0 Å². The average Bonchev–Trinajstić information content (AvgIpc) is 3.43. The number of nitrogen functional groups attached to an aromatic ring is 1. The molecule has 250 valence electrons.